The number of carboxylic acids is 1. The number of fused-ring (bicyclic) bond motifs is 1. The quantitative estimate of drug-likeness (QED) is 0.704. The number of amides is 2. The second-order valence-corrected chi connectivity index (χ2v) is 6.46. The van der Waals surface area contributed by atoms with Crippen molar-refractivity contribution in [3.8, 4) is 0 Å². The number of hydrogen-bond donors (Lipinski definition) is 3. The molecule has 23 heavy (non-hydrogen) atoms. The zero-order valence-electron chi connectivity index (χ0n) is 13.9. The number of hydrogen-bond acceptors (Lipinski definition) is 2. The van der Waals surface area contributed by atoms with Gasteiger partial charge in [0.15, 0.2) is 0 Å². The predicted molar refractivity (Wildman–Crippen MR) is 89.6 cm³/mol. The fraction of sp³-hybridized carbons (Fsp3) is 0.556. The lowest BCUT2D eigenvalue weighted by Gasteiger charge is -2.27. The Labute approximate surface area is 137 Å². The molecular weight excluding hydrogens is 292 g/mol. The molecule has 1 aliphatic rings. The first-order valence-electron chi connectivity index (χ1n) is 8.36. The van der Waals surface area contributed by atoms with Crippen molar-refractivity contribution in [3.05, 3.63) is 34.9 Å². The van der Waals surface area contributed by atoms with Crippen molar-refractivity contribution in [3.63, 3.8) is 0 Å². The van der Waals surface area contributed by atoms with Crippen LogP contribution < -0.4 is 10.6 Å². The van der Waals surface area contributed by atoms with Crippen molar-refractivity contribution in [2.45, 2.75) is 57.9 Å². The molecule has 1 aliphatic carbocycles. The van der Waals surface area contributed by atoms with Crippen molar-refractivity contribution < 1.29 is 14.7 Å². The third-order valence-electron chi connectivity index (χ3n) is 4.31. The number of carbonyl (C=O) groups is 2. The van der Waals surface area contributed by atoms with Gasteiger partial charge in [-0.15, -0.1) is 0 Å². The summed E-state index contributed by atoms with van der Waals surface area (Å²) in [6.45, 7) is 4.72. The fourth-order valence-corrected chi connectivity index (χ4v) is 2.98. The van der Waals surface area contributed by atoms with Crippen LogP contribution in [0.5, 0.6) is 0 Å². The first-order chi connectivity index (χ1) is 11.0. The van der Waals surface area contributed by atoms with Crippen LogP contribution in [0.1, 0.15) is 68.2 Å². The Kier molecular flexibility index (Phi) is 6.02. The summed E-state index contributed by atoms with van der Waals surface area (Å²) < 4.78 is 0. The molecule has 5 heteroatoms. The van der Waals surface area contributed by atoms with Gasteiger partial charge < -0.3 is 15.7 Å². The van der Waals surface area contributed by atoms with Gasteiger partial charge in [-0.3, -0.25) is 4.79 Å². The van der Waals surface area contributed by atoms with Crippen LogP contribution in [0, 0.1) is 0 Å². The highest BCUT2D eigenvalue weighted by Crippen LogP contribution is 2.32. The monoisotopic (exact) mass is 318 g/mol. The van der Waals surface area contributed by atoms with Gasteiger partial charge in [-0.25, -0.2) is 4.79 Å². The van der Waals surface area contributed by atoms with Gasteiger partial charge >= 0.3 is 12.0 Å². The van der Waals surface area contributed by atoms with Crippen molar-refractivity contribution in [1.29, 1.82) is 0 Å². The Hall–Kier alpha value is -2.04. The van der Waals surface area contributed by atoms with E-state index in [2.05, 4.69) is 42.7 Å². The number of aliphatic carboxylic acids is 1. The molecule has 1 aromatic carbocycles. The minimum atomic E-state index is -0.838. The van der Waals surface area contributed by atoms with Crippen LogP contribution in [0.25, 0.3) is 0 Å². The number of carbonyl (C=O) groups excluding carboxylic acids is 1. The molecule has 126 valence electrons. The van der Waals surface area contributed by atoms with Crippen LogP contribution in [-0.4, -0.2) is 23.7 Å². The van der Waals surface area contributed by atoms with Crippen LogP contribution in [-0.2, 0) is 11.2 Å². The maximum absolute atomic E-state index is 12.0. The van der Waals surface area contributed by atoms with E-state index >= 15 is 0 Å². The van der Waals surface area contributed by atoms with E-state index in [-0.39, 0.29) is 18.5 Å². The van der Waals surface area contributed by atoms with E-state index in [1.54, 1.807) is 0 Å². The van der Waals surface area contributed by atoms with Crippen molar-refractivity contribution in [2.24, 2.45) is 0 Å². The Morgan fingerprint density at radius 2 is 2.13 bits per heavy atom. The molecule has 1 aromatic rings. The smallest absolute Gasteiger partial charge is 0.315 e. The summed E-state index contributed by atoms with van der Waals surface area (Å²) in [5.41, 5.74) is 3.83. The molecule has 0 spiro atoms. The molecular formula is C18H26N2O3. The van der Waals surface area contributed by atoms with E-state index in [9.17, 15) is 9.59 Å². The van der Waals surface area contributed by atoms with Crippen LogP contribution >= 0.6 is 0 Å². The second kappa shape index (κ2) is 7.99. The molecule has 0 aliphatic heterocycles. The zero-order chi connectivity index (χ0) is 16.8. The lowest BCUT2D eigenvalue weighted by atomic mass is 9.85. The largest absolute Gasteiger partial charge is 0.481 e. The standard InChI is InChI=1S/C18H26N2O3/c1-12(2)14-9-8-13-5-3-6-16(15(13)11-14)20-18(23)19-10-4-7-17(21)22/h8-9,11-12,16H,3-7,10H2,1-2H3,(H,21,22)(H2,19,20,23)/t16-/m0/s1. The molecule has 0 radical (unpaired) electrons. The number of aryl methyl sites for hydroxylation is 1. The maximum Gasteiger partial charge on any atom is 0.315 e. The summed E-state index contributed by atoms with van der Waals surface area (Å²) in [6.07, 6.45) is 3.59. The van der Waals surface area contributed by atoms with Gasteiger partial charge in [0.2, 0.25) is 0 Å². The van der Waals surface area contributed by atoms with Gasteiger partial charge in [-0.05, 0) is 48.3 Å². The first-order valence-corrected chi connectivity index (χ1v) is 8.36. The summed E-state index contributed by atoms with van der Waals surface area (Å²) >= 11 is 0. The number of urea groups is 1. The minimum absolute atomic E-state index is 0.0388. The molecule has 0 bridgehead atoms. The van der Waals surface area contributed by atoms with Gasteiger partial charge in [0.05, 0.1) is 6.04 Å². The molecule has 0 heterocycles. The second-order valence-electron chi connectivity index (χ2n) is 6.46. The number of rotatable bonds is 6. The van der Waals surface area contributed by atoms with E-state index in [1.807, 2.05) is 0 Å². The molecule has 2 amide bonds. The van der Waals surface area contributed by atoms with Crippen molar-refractivity contribution in [1.82, 2.24) is 10.6 Å². The molecule has 0 saturated carbocycles. The number of carboxylic acid groups (broad SMARTS) is 1. The Bertz CT molecular complexity index is 569. The van der Waals surface area contributed by atoms with E-state index in [0.29, 0.717) is 18.9 Å². The highest BCUT2D eigenvalue weighted by Gasteiger charge is 2.22. The van der Waals surface area contributed by atoms with E-state index in [1.165, 1.54) is 16.7 Å². The highest BCUT2D eigenvalue weighted by atomic mass is 16.4. The van der Waals surface area contributed by atoms with Gasteiger partial charge in [-0.2, -0.15) is 0 Å². The van der Waals surface area contributed by atoms with Gasteiger partial charge in [-0.1, -0.05) is 32.0 Å². The summed E-state index contributed by atoms with van der Waals surface area (Å²) in [4.78, 5) is 22.5. The molecule has 5 nitrogen and oxygen atoms in total. The van der Waals surface area contributed by atoms with Crippen LogP contribution in [0.3, 0.4) is 0 Å². The molecule has 0 unspecified atom stereocenters. The Morgan fingerprint density at radius 1 is 1.35 bits per heavy atom. The summed E-state index contributed by atoms with van der Waals surface area (Å²) in [5.74, 6) is -0.373. The average Bonchev–Trinajstić information content (AvgIpc) is 2.51. The average molecular weight is 318 g/mol. The van der Waals surface area contributed by atoms with Crippen molar-refractivity contribution >= 4 is 12.0 Å². The molecule has 0 saturated heterocycles. The third kappa shape index (κ3) is 4.98. The van der Waals surface area contributed by atoms with Gasteiger partial charge in [0.25, 0.3) is 0 Å². The molecule has 0 fully saturated rings. The van der Waals surface area contributed by atoms with E-state index in [4.69, 9.17) is 5.11 Å². The van der Waals surface area contributed by atoms with Crippen molar-refractivity contribution in [2.75, 3.05) is 6.54 Å². The molecule has 3 N–H and O–H groups in total. The topological polar surface area (TPSA) is 78.4 Å². The number of nitrogens with one attached hydrogen (secondary N) is 2. The Morgan fingerprint density at radius 3 is 2.83 bits per heavy atom. The lowest BCUT2D eigenvalue weighted by Crippen LogP contribution is -2.39. The van der Waals surface area contributed by atoms with E-state index in [0.717, 1.165) is 19.3 Å². The van der Waals surface area contributed by atoms with Crippen LogP contribution in [0.15, 0.2) is 18.2 Å². The molecule has 0 aromatic heterocycles. The summed E-state index contributed by atoms with van der Waals surface area (Å²) in [6, 6.07) is 6.40. The Balaban J connectivity index is 1.95. The molecule has 2 rings (SSSR count). The summed E-state index contributed by atoms with van der Waals surface area (Å²) in [7, 11) is 0. The van der Waals surface area contributed by atoms with E-state index < -0.39 is 5.97 Å². The molecule has 1 atom stereocenters. The zero-order valence-corrected chi connectivity index (χ0v) is 13.9. The van der Waals surface area contributed by atoms with Crippen LogP contribution in [0.4, 0.5) is 4.79 Å². The fourth-order valence-electron chi connectivity index (χ4n) is 2.98. The third-order valence-corrected chi connectivity index (χ3v) is 4.31. The lowest BCUT2D eigenvalue weighted by molar-refractivity contribution is -0.137. The highest BCUT2D eigenvalue weighted by molar-refractivity contribution is 5.74. The minimum Gasteiger partial charge on any atom is -0.481 e. The normalized spacial score (nSPS) is 16.7. The first kappa shape index (κ1) is 17.3. The maximum atomic E-state index is 12.0. The van der Waals surface area contributed by atoms with Gasteiger partial charge in [0.1, 0.15) is 0 Å². The number of benzene rings is 1. The SMILES string of the molecule is CC(C)c1ccc2c(c1)[C@@H](NC(=O)NCCCC(=O)O)CCC2. The summed E-state index contributed by atoms with van der Waals surface area (Å²) in [5, 5.41) is 14.4. The van der Waals surface area contributed by atoms with Gasteiger partial charge in [0, 0.05) is 13.0 Å². The predicted octanol–water partition coefficient (Wildman–Crippen LogP) is 3.35. The van der Waals surface area contributed by atoms with Crippen LogP contribution in [0.2, 0.25) is 0 Å².